The molecule has 3 heterocycles. The van der Waals surface area contributed by atoms with Gasteiger partial charge in [-0.25, -0.2) is 4.98 Å². The maximum Gasteiger partial charge on any atom is 0.266 e. The number of nitrogens with two attached hydrogens (primary N) is 1. The second kappa shape index (κ2) is 6.53. The van der Waals surface area contributed by atoms with Crippen molar-refractivity contribution in [2.45, 2.75) is 32.7 Å². The molecule has 3 N–H and O–H groups in total. The molecule has 26 heavy (non-hydrogen) atoms. The molecule has 0 fully saturated rings. The van der Waals surface area contributed by atoms with E-state index < -0.39 is 0 Å². The van der Waals surface area contributed by atoms with Crippen molar-refractivity contribution in [1.29, 1.82) is 0 Å². The summed E-state index contributed by atoms with van der Waals surface area (Å²) in [5, 5.41) is 5.05. The monoisotopic (exact) mass is 369 g/mol. The SMILES string of the molecule is CCCCCn1[nH]cc2c(N)c3c(=O)n(-c4ccc(Cl)cc4)cc3nc21. The lowest BCUT2D eigenvalue weighted by Gasteiger charge is -2.04. The minimum absolute atomic E-state index is 0.173. The number of unbranched alkanes of at least 4 members (excludes halogenated alkanes) is 2. The lowest BCUT2D eigenvalue weighted by Crippen LogP contribution is -2.13. The first kappa shape index (κ1) is 16.7. The number of hydrogen-bond acceptors (Lipinski definition) is 3. The third-order valence-electron chi connectivity index (χ3n) is 4.68. The minimum Gasteiger partial charge on any atom is -0.397 e. The molecule has 0 radical (unpaired) electrons. The number of pyridine rings is 1. The van der Waals surface area contributed by atoms with E-state index in [9.17, 15) is 4.79 Å². The predicted molar refractivity (Wildman–Crippen MR) is 106 cm³/mol. The predicted octanol–water partition coefficient (Wildman–Crippen LogP) is 4.09. The van der Waals surface area contributed by atoms with Gasteiger partial charge in [-0.2, -0.15) is 0 Å². The van der Waals surface area contributed by atoms with Crippen LogP contribution in [0.4, 0.5) is 5.69 Å². The van der Waals surface area contributed by atoms with Gasteiger partial charge in [-0.05, 0) is 30.7 Å². The van der Waals surface area contributed by atoms with Crippen LogP contribution in [0.15, 0.2) is 41.5 Å². The Bertz CT molecular complexity index is 1140. The molecule has 0 amide bonds. The molecule has 134 valence electrons. The highest BCUT2D eigenvalue weighted by molar-refractivity contribution is 6.30. The number of nitrogen functional groups attached to an aromatic ring is 1. The van der Waals surface area contributed by atoms with E-state index in [1.54, 1.807) is 35.0 Å². The molecule has 4 aromatic rings. The van der Waals surface area contributed by atoms with Crippen molar-refractivity contribution in [3.8, 4) is 5.69 Å². The van der Waals surface area contributed by atoms with Gasteiger partial charge in [0.05, 0.1) is 22.0 Å². The van der Waals surface area contributed by atoms with Crippen LogP contribution in [0.3, 0.4) is 0 Å². The number of hydrogen-bond donors (Lipinski definition) is 2. The van der Waals surface area contributed by atoms with Crippen LogP contribution in [-0.4, -0.2) is 19.3 Å². The smallest absolute Gasteiger partial charge is 0.266 e. The first-order valence-corrected chi connectivity index (χ1v) is 9.12. The Labute approximate surface area is 155 Å². The maximum atomic E-state index is 12.9. The highest BCUT2D eigenvalue weighted by Crippen LogP contribution is 2.27. The summed E-state index contributed by atoms with van der Waals surface area (Å²) in [6.07, 6.45) is 6.93. The summed E-state index contributed by atoms with van der Waals surface area (Å²) >= 11 is 5.94. The van der Waals surface area contributed by atoms with Crippen LogP contribution in [0.25, 0.3) is 27.6 Å². The number of benzene rings is 1. The molecule has 0 bridgehead atoms. The maximum absolute atomic E-state index is 12.9. The van der Waals surface area contributed by atoms with Crippen molar-refractivity contribution >= 4 is 39.2 Å². The highest BCUT2D eigenvalue weighted by atomic mass is 35.5. The lowest BCUT2D eigenvalue weighted by atomic mass is 10.2. The van der Waals surface area contributed by atoms with Gasteiger partial charge in [0.2, 0.25) is 0 Å². The van der Waals surface area contributed by atoms with Crippen LogP contribution in [0.1, 0.15) is 26.2 Å². The molecule has 0 spiro atoms. The number of aromatic amines is 1. The fourth-order valence-electron chi connectivity index (χ4n) is 3.28. The molecule has 7 heteroatoms. The molecule has 0 unspecified atom stereocenters. The zero-order valence-electron chi connectivity index (χ0n) is 14.5. The summed E-state index contributed by atoms with van der Waals surface area (Å²) in [5.74, 6) is 0. The number of fused-ring (bicyclic) bond motifs is 2. The number of nitrogens with zero attached hydrogens (tertiary/aromatic N) is 3. The summed E-state index contributed by atoms with van der Waals surface area (Å²) in [7, 11) is 0. The van der Waals surface area contributed by atoms with Crippen molar-refractivity contribution in [2.24, 2.45) is 0 Å². The van der Waals surface area contributed by atoms with Gasteiger partial charge in [0.15, 0.2) is 5.65 Å². The van der Waals surface area contributed by atoms with Crippen LogP contribution >= 0.6 is 11.6 Å². The van der Waals surface area contributed by atoms with Crippen molar-refractivity contribution in [3.05, 3.63) is 52.0 Å². The summed E-state index contributed by atoms with van der Waals surface area (Å²) < 4.78 is 3.55. The van der Waals surface area contributed by atoms with Gasteiger partial charge in [0.1, 0.15) is 0 Å². The zero-order chi connectivity index (χ0) is 18.3. The summed E-state index contributed by atoms with van der Waals surface area (Å²) in [6, 6.07) is 7.12. The Morgan fingerprint density at radius 2 is 2.00 bits per heavy atom. The molecule has 0 aliphatic carbocycles. The van der Waals surface area contributed by atoms with Gasteiger partial charge in [0, 0.05) is 29.6 Å². The molecule has 0 saturated heterocycles. The quantitative estimate of drug-likeness (QED) is 0.520. The number of anilines is 1. The Balaban J connectivity index is 1.88. The van der Waals surface area contributed by atoms with Gasteiger partial charge in [0.25, 0.3) is 5.56 Å². The first-order valence-electron chi connectivity index (χ1n) is 8.74. The molecular formula is C19H20ClN5O. The zero-order valence-corrected chi connectivity index (χ0v) is 15.3. The number of aryl methyl sites for hydroxylation is 1. The Morgan fingerprint density at radius 3 is 2.73 bits per heavy atom. The molecule has 0 saturated carbocycles. The van der Waals surface area contributed by atoms with Crippen molar-refractivity contribution in [2.75, 3.05) is 5.73 Å². The molecule has 0 aliphatic heterocycles. The first-order chi connectivity index (χ1) is 12.6. The molecule has 0 aliphatic rings. The summed E-state index contributed by atoms with van der Waals surface area (Å²) in [5.41, 5.74) is 8.73. The van der Waals surface area contributed by atoms with Gasteiger partial charge >= 0.3 is 0 Å². The van der Waals surface area contributed by atoms with Crippen LogP contribution in [-0.2, 0) is 6.54 Å². The fraction of sp³-hybridized carbons (Fsp3) is 0.263. The number of halogens is 1. The average molecular weight is 370 g/mol. The van der Waals surface area contributed by atoms with Crippen LogP contribution < -0.4 is 11.3 Å². The average Bonchev–Trinajstić information content (AvgIpc) is 3.18. The van der Waals surface area contributed by atoms with Gasteiger partial charge in [-0.15, -0.1) is 0 Å². The third kappa shape index (κ3) is 2.66. The van der Waals surface area contributed by atoms with E-state index in [2.05, 4.69) is 12.0 Å². The topological polar surface area (TPSA) is 81.6 Å². The van der Waals surface area contributed by atoms with E-state index in [0.717, 1.165) is 42.5 Å². The van der Waals surface area contributed by atoms with E-state index in [-0.39, 0.29) is 5.56 Å². The van der Waals surface area contributed by atoms with Gasteiger partial charge in [-0.3, -0.25) is 14.0 Å². The molecule has 4 rings (SSSR count). The number of nitrogens with one attached hydrogen (secondary N) is 1. The van der Waals surface area contributed by atoms with E-state index in [1.807, 2.05) is 10.9 Å². The Kier molecular flexibility index (Phi) is 4.20. The van der Waals surface area contributed by atoms with E-state index in [4.69, 9.17) is 22.3 Å². The summed E-state index contributed by atoms with van der Waals surface area (Å²) in [4.78, 5) is 17.6. The minimum atomic E-state index is -0.173. The van der Waals surface area contributed by atoms with Crippen molar-refractivity contribution in [3.63, 3.8) is 0 Å². The molecule has 3 aromatic heterocycles. The molecule has 1 aromatic carbocycles. The second-order valence-electron chi connectivity index (χ2n) is 6.44. The standard InChI is InChI=1S/C19H20ClN5O/c1-2-3-4-9-25-18-14(10-22-25)17(21)16-15(23-18)11-24(19(16)26)13-7-5-12(20)6-8-13/h5-8,10-11,22H,2-4,9,21H2,1H3. The van der Waals surface area contributed by atoms with E-state index in [0.29, 0.717) is 21.6 Å². The Morgan fingerprint density at radius 1 is 1.23 bits per heavy atom. The summed E-state index contributed by atoms with van der Waals surface area (Å²) in [6.45, 7) is 3.02. The molecule has 0 atom stereocenters. The Hall–Kier alpha value is -2.73. The normalized spacial score (nSPS) is 11.6. The van der Waals surface area contributed by atoms with Crippen molar-refractivity contribution < 1.29 is 0 Å². The van der Waals surface area contributed by atoms with Crippen LogP contribution in [0, 0.1) is 0 Å². The number of rotatable bonds is 5. The van der Waals surface area contributed by atoms with E-state index >= 15 is 0 Å². The molecule has 6 nitrogen and oxygen atoms in total. The fourth-order valence-corrected chi connectivity index (χ4v) is 3.40. The van der Waals surface area contributed by atoms with E-state index in [1.165, 1.54) is 0 Å². The third-order valence-corrected chi connectivity index (χ3v) is 4.93. The number of aromatic nitrogens is 4. The number of H-pyrrole nitrogens is 1. The van der Waals surface area contributed by atoms with Crippen molar-refractivity contribution in [1.82, 2.24) is 19.3 Å². The highest BCUT2D eigenvalue weighted by Gasteiger charge is 2.17. The molecular weight excluding hydrogens is 350 g/mol. The lowest BCUT2D eigenvalue weighted by molar-refractivity contribution is 0.564. The largest absolute Gasteiger partial charge is 0.397 e. The van der Waals surface area contributed by atoms with Gasteiger partial charge < -0.3 is 10.8 Å². The van der Waals surface area contributed by atoms with Crippen LogP contribution in [0.2, 0.25) is 5.02 Å². The second-order valence-corrected chi connectivity index (χ2v) is 6.87. The van der Waals surface area contributed by atoms with Gasteiger partial charge in [-0.1, -0.05) is 31.4 Å². The van der Waals surface area contributed by atoms with Crippen LogP contribution in [0.5, 0.6) is 0 Å².